The van der Waals surface area contributed by atoms with Crippen molar-refractivity contribution < 1.29 is 19.0 Å². The van der Waals surface area contributed by atoms with Crippen LogP contribution >= 0.6 is 0 Å². The van der Waals surface area contributed by atoms with E-state index < -0.39 is 0 Å². The molecule has 5 heteroatoms. The van der Waals surface area contributed by atoms with E-state index in [0.717, 1.165) is 21.9 Å². The number of hydrogen-bond donors (Lipinski definition) is 0. The van der Waals surface area contributed by atoms with E-state index in [-0.39, 0.29) is 18.9 Å². The third-order valence-corrected chi connectivity index (χ3v) is 4.66. The molecule has 0 radical (unpaired) electrons. The van der Waals surface area contributed by atoms with Gasteiger partial charge in [0.05, 0.1) is 18.8 Å². The highest BCUT2D eigenvalue weighted by Gasteiger charge is 2.27. The highest BCUT2D eigenvalue weighted by atomic mass is 16.6. The fourth-order valence-corrected chi connectivity index (χ4v) is 3.45. The molecule has 1 saturated heterocycles. The maximum atomic E-state index is 12.7. The maximum Gasteiger partial charge on any atom is 0.340 e. The first-order valence-electron chi connectivity index (χ1n) is 8.62. The average molecular weight is 339 g/mol. The first-order chi connectivity index (χ1) is 12.3. The van der Waals surface area contributed by atoms with Crippen LogP contribution in [0.3, 0.4) is 0 Å². The van der Waals surface area contributed by atoms with Crippen LogP contribution in [-0.2, 0) is 19.0 Å². The van der Waals surface area contributed by atoms with Crippen LogP contribution < -0.4 is 0 Å². The summed E-state index contributed by atoms with van der Waals surface area (Å²) in [4.78, 5) is 14.7. The quantitative estimate of drug-likeness (QED) is 0.784. The fraction of sp³-hybridized carbons (Fsp3) is 0.350. The van der Waals surface area contributed by atoms with Crippen molar-refractivity contribution in [1.82, 2.24) is 4.90 Å². The molecular formula is C20H21NO4. The summed E-state index contributed by atoms with van der Waals surface area (Å²) in [6.45, 7) is 4.55. The summed E-state index contributed by atoms with van der Waals surface area (Å²) in [5.74, 6) is -0.301. The Labute approximate surface area is 146 Å². The Morgan fingerprint density at radius 3 is 2.96 bits per heavy atom. The summed E-state index contributed by atoms with van der Waals surface area (Å²) in [7, 11) is 0. The van der Waals surface area contributed by atoms with Crippen LogP contribution in [0.4, 0.5) is 0 Å². The predicted molar refractivity (Wildman–Crippen MR) is 95.7 cm³/mol. The van der Waals surface area contributed by atoms with Crippen LogP contribution in [0, 0.1) is 0 Å². The number of carbonyl (C=O) groups excluding carboxylic acids is 1. The lowest BCUT2D eigenvalue weighted by atomic mass is 10.0. The van der Waals surface area contributed by atoms with E-state index in [1.165, 1.54) is 0 Å². The van der Waals surface area contributed by atoms with E-state index in [2.05, 4.69) is 12.1 Å². The predicted octanol–water partition coefficient (Wildman–Crippen LogP) is 2.89. The maximum absolute atomic E-state index is 12.7. The summed E-state index contributed by atoms with van der Waals surface area (Å²) >= 11 is 0. The van der Waals surface area contributed by atoms with Gasteiger partial charge < -0.3 is 14.2 Å². The van der Waals surface area contributed by atoms with Gasteiger partial charge in [0.15, 0.2) is 0 Å². The zero-order valence-electron chi connectivity index (χ0n) is 14.2. The number of carbonyl (C=O) groups is 1. The molecule has 25 heavy (non-hydrogen) atoms. The molecule has 1 unspecified atom stereocenters. The van der Waals surface area contributed by atoms with Gasteiger partial charge in [-0.15, -0.1) is 0 Å². The van der Waals surface area contributed by atoms with Crippen LogP contribution in [0.15, 0.2) is 36.4 Å². The number of ether oxygens (including phenoxy) is 3. The van der Waals surface area contributed by atoms with E-state index in [4.69, 9.17) is 14.2 Å². The zero-order chi connectivity index (χ0) is 17.2. The SMILES string of the molecule is CCOC1COCCN1COC(=O)C1=Cc2cccc3cccc1c23. The van der Waals surface area contributed by atoms with Crippen LogP contribution in [0.5, 0.6) is 0 Å². The summed E-state index contributed by atoms with van der Waals surface area (Å²) in [6, 6.07) is 12.1. The van der Waals surface area contributed by atoms with Crippen molar-refractivity contribution in [3.05, 3.63) is 47.5 Å². The van der Waals surface area contributed by atoms with E-state index in [1.807, 2.05) is 42.2 Å². The van der Waals surface area contributed by atoms with Gasteiger partial charge in [-0.05, 0) is 34.9 Å². The Kier molecular flexibility index (Phi) is 4.53. The molecule has 5 nitrogen and oxygen atoms in total. The van der Waals surface area contributed by atoms with Gasteiger partial charge in [0.25, 0.3) is 0 Å². The smallest absolute Gasteiger partial charge is 0.340 e. The highest BCUT2D eigenvalue weighted by molar-refractivity contribution is 6.29. The number of benzene rings is 2. The van der Waals surface area contributed by atoms with E-state index >= 15 is 0 Å². The number of rotatable bonds is 5. The van der Waals surface area contributed by atoms with Crippen LogP contribution in [-0.4, -0.2) is 50.2 Å². The van der Waals surface area contributed by atoms with Crippen molar-refractivity contribution in [3.8, 4) is 0 Å². The summed E-state index contributed by atoms with van der Waals surface area (Å²) in [5, 5.41) is 2.26. The lowest BCUT2D eigenvalue weighted by Gasteiger charge is -2.34. The summed E-state index contributed by atoms with van der Waals surface area (Å²) in [5.41, 5.74) is 2.63. The molecule has 2 aliphatic rings. The van der Waals surface area contributed by atoms with Crippen molar-refractivity contribution in [2.24, 2.45) is 0 Å². The minimum absolute atomic E-state index is 0.162. The molecule has 2 aromatic rings. The second-order valence-corrected chi connectivity index (χ2v) is 6.17. The molecule has 0 aromatic heterocycles. The molecule has 1 aliphatic heterocycles. The second kappa shape index (κ2) is 6.96. The first-order valence-corrected chi connectivity index (χ1v) is 8.62. The molecule has 0 N–H and O–H groups in total. The molecule has 0 amide bonds. The molecule has 1 atom stereocenters. The Morgan fingerprint density at radius 2 is 2.12 bits per heavy atom. The number of esters is 1. The lowest BCUT2D eigenvalue weighted by Crippen LogP contribution is -2.48. The van der Waals surface area contributed by atoms with E-state index in [9.17, 15) is 4.79 Å². The van der Waals surface area contributed by atoms with Crippen LogP contribution in [0.1, 0.15) is 18.1 Å². The summed E-state index contributed by atoms with van der Waals surface area (Å²) < 4.78 is 16.7. The molecule has 130 valence electrons. The zero-order valence-corrected chi connectivity index (χ0v) is 14.2. The first kappa shape index (κ1) is 16.3. The molecule has 0 bridgehead atoms. The van der Waals surface area contributed by atoms with Gasteiger partial charge >= 0.3 is 5.97 Å². The van der Waals surface area contributed by atoms with Gasteiger partial charge in [0, 0.05) is 13.2 Å². The Morgan fingerprint density at radius 1 is 1.28 bits per heavy atom. The molecule has 0 saturated carbocycles. The van der Waals surface area contributed by atoms with E-state index in [0.29, 0.717) is 31.9 Å². The fourth-order valence-electron chi connectivity index (χ4n) is 3.45. The van der Waals surface area contributed by atoms with Crippen molar-refractivity contribution >= 4 is 28.4 Å². The molecule has 1 aliphatic carbocycles. The lowest BCUT2D eigenvalue weighted by molar-refractivity contribution is -0.174. The van der Waals surface area contributed by atoms with Gasteiger partial charge in [-0.1, -0.05) is 36.4 Å². The topological polar surface area (TPSA) is 48.0 Å². The van der Waals surface area contributed by atoms with Crippen LogP contribution in [0.2, 0.25) is 0 Å². The number of morpholine rings is 1. The van der Waals surface area contributed by atoms with Crippen molar-refractivity contribution in [2.45, 2.75) is 13.2 Å². The van der Waals surface area contributed by atoms with Crippen molar-refractivity contribution in [3.63, 3.8) is 0 Å². The number of hydrogen-bond acceptors (Lipinski definition) is 5. The average Bonchev–Trinajstić information content (AvgIpc) is 3.02. The van der Waals surface area contributed by atoms with Gasteiger partial charge in [-0.25, -0.2) is 9.69 Å². The van der Waals surface area contributed by atoms with Gasteiger partial charge in [0.2, 0.25) is 0 Å². The Bertz CT molecular complexity index is 822. The molecule has 2 aromatic carbocycles. The summed E-state index contributed by atoms with van der Waals surface area (Å²) in [6.07, 6.45) is 1.75. The third-order valence-electron chi connectivity index (χ3n) is 4.66. The van der Waals surface area contributed by atoms with Crippen molar-refractivity contribution in [1.29, 1.82) is 0 Å². The molecule has 1 fully saturated rings. The highest BCUT2D eigenvalue weighted by Crippen LogP contribution is 2.36. The van der Waals surface area contributed by atoms with Crippen LogP contribution in [0.25, 0.3) is 22.4 Å². The monoisotopic (exact) mass is 339 g/mol. The van der Waals surface area contributed by atoms with Crippen molar-refractivity contribution in [2.75, 3.05) is 33.1 Å². The molecule has 4 rings (SSSR count). The normalized spacial score (nSPS) is 19.9. The molecular weight excluding hydrogens is 318 g/mol. The van der Waals surface area contributed by atoms with Gasteiger partial charge in [0.1, 0.15) is 13.0 Å². The second-order valence-electron chi connectivity index (χ2n) is 6.17. The largest absolute Gasteiger partial charge is 0.446 e. The van der Waals surface area contributed by atoms with Gasteiger partial charge in [-0.3, -0.25) is 0 Å². The number of nitrogens with zero attached hydrogens (tertiary/aromatic N) is 1. The minimum Gasteiger partial charge on any atom is -0.446 e. The Hall–Kier alpha value is -2.21. The van der Waals surface area contributed by atoms with E-state index in [1.54, 1.807) is 0 Å². The standard InChI is InChI=1S/C20H21NO4/c1-2-24-18-12-23-10-9-21(18)13-25-20(22)17-11-15-7-3-5-14-6-4-8-16(17)19(14)15/h3-8,11,18H,2,9-10,12-13H2,1H3. The molecule has 0 spiro atoms. The van der Waals surface area contributed by atoms with Gasteiger partial charge in [-0.2, -0.15) is 0 Å². The third kappa shape index (κ3) is 3.06. The molecule has 1 heterocycles. The Balaban J connectivity index is 1.48. The minimum atomic E-state index is -0.301.